The van der Waals surface area contributed by atoms with Crippen LogP contribution in [0.15, 0.2) is 48.5 Å². The van der Waals surface area contributed by atoms with Crippen LogP contribution in [0.5, 0.6) is 0 Å². The number of fused-ring (bicyclic) bond motifs is 5. The van der Waals surface area contributed by atoms with Crippen LogP contribution in [0.4, 0.5) is 4.79 Å². The Morgan fingerprint density at radius 2 is 1.62 bits per heavy atom. The molecule has 0 aromatic heterocycles. The first-order valence-electron chi connectivity index (χ1n) is 12.1. The van der Waals surface area contributed by atoms with E-state index in [0.717, 1.165) is 30.4 Å². The van der Waals surface area contributed by atoms with Crippen LogP contribution >= 0.6 is 0 Å². The van der Waals surface area contributed by atoms with Crippen LogP contribution in [0.2, 0.25) is 0 Å². The Morgan fingerprint density at radius 1 is 1.00 bits per heavy atom. The second-order valence-electron chi connectivity index (χ2n) is 9.86. The fourth-order valence-corrected chi connectivity index (χ4v) is 6.30. The van der Waals surface area contributed by atoms with Crippen molar-refractivity contribution in [2.75, 3.05) is 6.61 Å². The lowest BCUT2D eigenvalue weighted by Crippen LogP contribution is -2.51. The number of alkyl carbamates (subject to hydrolysis) is 1. The number of aliphatic carboxylic acids is 1. The second kappa shape index (κ2) is 9.12. The zero-order valence-electron chi connectivity index (χ0n) is 19.2. The molecule has 2 amide bonds. The molecule has 0 spiro atoms. The molecule has 5 atom stereocenters. The van der Waals surface area contributed by atoms with Gasteiger partial charge in [-0.15, -0.1) is 0 Å². The lowest BCUT2D eigenvalue weighted by molar-refractivity contribution is -0.137. The lowest BCUT2D eigenvalue weighted by Gasteiger charge is -2.31. The van der Waals surface area contributed by atoms with Crippen molar-refractivity contribution in [3.63, 3.8) is 0 Å². The number of carbonyl (C=O) groups excluding carboxylic acids is 2. The Labute approximate surface area is 198 Å². The van der Waals surface area contributed by atoms with E-state index in [1.54, 1.807) is 6.92 Å². The maximum atomic E-state index is 13.0. The van der Waals surface area contributed by atoms with Crippen molar-refractivity contribution in [1.29, 1.82) is 0 Å². The second-order valence-corrected chi connectivity index (χ2v) is 9.86. The molecule has 0 heterocycles. The average molecular weight is 463 g/mol. The molecule has 2 fully saturated rings. The number of hydrogen-bond donors (Lipinski definition) is 3. The number of amides is 2. The summed E-state index contributed by atoms with van der Waals surface area (Å²) in [6, 6.07) is 15.6. The van der Waals surface area contributed by atoms with Gasteiger partial charge in [-0.1, -0.05) is 48.5 Å². The van der Waals surface area contributed by atoms with Crippen LogP contribution in [0.3, 0.4) is 0 Å². The number of carboxylic acids is 1. The van der Waals surface area contributed by atoms with Crippen LogP contribution in [0.1, 0.15) is 49.7 Å². The van der Waals surface area contributed by atoms with E-state index in [-0.39, 0.29) is 48.6 Å². The zero-order chi connectivity index (χ0) is 23.8. The molecule has 3 aliphatic rings. The number of carbonyl (C=O) groups is 3. The van der Waals surface area contributed by atoms with Gasteiger partial charge in [0.1, 0.15) is 6.61 Å². The molecule has 2 aromatic rings. The molecule has 34 heavy (non-hydrogen) atoms. The van der Waals surface area contributed by atoms with Crippen LogP contribution in [-0.4, -0.2) is 41.8 Å². The van der Waals surface area contributed by atoms with Gasteiger partial charge in [0.15, 0.2) is 0 Å². The smallest absolute Gasteiger partial charge is 0.407 e. The molecule has 0 saturated heterocycles. The number of rotatable bonds is 7. The number of nitrogens with one attached hydrogen (secondary N) is 2. The first-order chi connectivity index (χ1) is 16.4. The van der Waals surface area contributed by atoms with E-state index in [1.807, 2.05) is 24.3 Å². The van der Waals surface area contributed by atoms with Gasteiger partial charge >= 0.3 is 12.1 Å². The molecule has 4 unspecified atom stereocenters. The number of ether oxygens (including phenoxy) is 1. The molecule has 0 aliphatic heterocycles. The minimum Gasteiger partial charge on any atom is -0.481 e. The fraction of sp³-hybridized carbons (Fsp3) is 0.444. The van der Waals surface area contributed by atoms with Gasteiger partial charge in [0.2, 0.25) is 5.91 Å². The molecular formula is C27H30N2O5. The molecule has 5 rings (SSSR count). The van der Waals surface area contributed by atoms with Gasteiger partial charge in [-0.3, -0.25) is 9.59 Å². The summed E-state index contributed by atoms with van der Waals surface area (Å²) in [7, 11) is 0. The fourth-order valence-electron chi connectivity index (χ4n) is 6.30. The summed E-state index contributed by atoms with van der Waals surface area (Å²) in [4.78, 5) is 36.8. The number of benzene rings is 2. The van der Waals surface area contributed by atoms with Crippen molar-refractivity contribution < 1.29 is 24.2 Å². The zero-order valence-corrected chi connectivity index (χ0v) is 19.2. The normalized spacial score (nSPS) is 25.3. The molecule has 2 saturated carbocycles. The highest BCUT2D eigenvalue weighted by Gasteiger charge is 2.51. The highest BCUT2D eigenvalue weighted by molar-refractivity contribution is 5.82. The van der Waals surface area contributed by atoms with Gasteiger partial charge in [0, 0.05) is 18.0 Å². The van der Waals surface area contributed by atoms with Crippen LogP contribution in [0, 0.1) is 17.8 Å². The lowest BCUT2D eigenvalue weighted by atomic mass is 9.83. The predicted octanol–water partition coefficient (Wildman–Crippen LogP) is 3.92. The van der Waals surface area contributed by atoms with E-state index < -0.39 is 18.1 Å². The Bertz CT molecular complexity index is 1070. The quantitative estimate of drug-likeness (QED) is 0.579. The summed E-state index contributed by atoms with van der Waals surface area (Å²) < 4.78 is 5.71. The molecule has 3 aliphatic carbocycles. The molecule has 0 radical (unpaired) electrons. The third-order valence-corrected chi connectivity index (χ3v) is 7.72. The van der Waals surface area contributed by atoms with E-state index in [4.69, 9.17) is 9.84 Å². The summed E-state index contributed by atoms with van der Waals surface area (Å²) in [5.41, 5.74) is 4.65. The van der Waals surface area contributed by atoms with Gasteiger partial charge in [-0.2, -0.15) is 0 Å². The highest BCUT2D eigenvalue weighted by atomic mass is 16.5. The molecule has 178 valence electrons. The van der Waals surface area contributed by atoms with Crippen LogP contribution in [-0.2, 0) is 14.3 Å². The van der Waals surface area contributed by atoms with Gasteiger partial charge in [0.25, 0.3) is 0 Å². The molecule has 2 aromatic carbocycles. The summed E-state index contributed by atoms with van der Waals surface area (Å²) in [5, 5.41) is 14.8. The summed E-state index contributed by atoms with van der Waals surface area (Å²) >= 11 is 0. The molecule has 2 bridgehead atoms. The highest BCUT2D eigenvalue weighted by Crippen LogP contribution is 2.49. The van der Waals surface area contributed by atoms with E-state index in [1.165, 1.54) is 11.1 Å². The minimum absolute atomic E-state index is 0.0193. The molecular weight excluding hydrogens is 432 g/mol. The van der Waals surface area contributed by atoms with Gasteiger partial charge in [-0.25, -0.2) is 4.79 Å². The first kappa shape index (κ1) is 22.4. The Morgan fingerprint density at radius 3 is 2.26 bits per heavy atom. The van der Waals surface area contributed by atoms with Crippen molar-refractivity contribution in [2.24, 2.45) is 17.8 Å². The predicted molar refractivity (Wildman–Crippen MR) is 126 cm³/mol. The summed E-state index contributed by atoms with van der Waals surface area (Å²) in [6.07, 6.45) is 2.21. The third-order valence-electron chi connectivity index (χ3n) is 7.72. The minimum atomic E-state index is -0.950. The Kier molecular flexibility index (Phi) is 6.02. The number of hydrogen-bond acceptors (Lipinski definition) is 4. The van der Waals surface area contributed by atoms with Crippen LogP contribution in [0.25, 0.3) is 11.1 Å². The van der Waals surface area contributed by atoms with Crippen molar-refractivity contribution >= 4 is 18.0 Å². The third kappa shape index (κ3) is 4.15. The van der Waals surface area contributed by atoms with Crippen molar-refractivity contribution in [2.45, 2.75) is 50.6 Å². The first-order valence-corrected chi connectivity index (χ1v) is 12.1. The molecule has 7 heteroatoms. The Balaban J connectivity index is 1.24. The van der Waals surface area contributed by atoms with E-state index >= 15 is 0 Å². The number of carboxylic acid groups (broad SMARTS) is 1. The van der Waals surface area contributed by atoms with Gasteiger partial charge < -0.3 is 20.5 Å². The summed E-state index contributed by atoms with van der Waals surface area (Å²) in [6.45, 7) is 1.92. The standard InChI is InChI=1S/C27H30N2O5/c1-15(12-23(30)31)28-26(32)24-16-10-11-17(13-16)25(24)29-27(33)34-14-22-20-8-4-2-6-18(20)19-7-3-5-9-21(19)22/h2-9,15-17,22,24-25H,10-14H2,1H3,(H,28,32)(H,29,33)(H,30,31)/t15-,16?,17?,24?,25?/m0/s1. The largest absolute Gasteiger partial charge is 0.481 e. The maximum absolute atomic E-state index is 13.0. The average Bonchev–Trinajstić information content (AvgIpc) is 3.49. The Hall–Kier alpha value is -3.35. The molecule has 3 N–H and O–H groups in total. The van der Waals surface area contributed by atoms with E-state index in [2.05, 4.69) is 34.9 Å². The van der Waals surface area contributed by atoms with Crippen molar-refractivity contribution in [3.8, 4) is 11.1 Å². The SMILES string of the molecule is C[C@@H](CC(=O)O)NC(=O)C1C2CCC(C2)C1NC(=O)OCC1c2ccccc2-c2ccccc21. The maximum Gasteiger partial charge on any atom is 0.407 e. The topological polar surface area (TPSA) is 105 Å². The van der Waals surface area contributed by atoms with Gasteiger partial charge in [-0.05, 0) is 60.3 Å². The molecule has 7 nitrogen and oxygen atoms in total. The van der Waals surface area contributed by atoms with E-state index in [9.17, 15) is 14.4 Å². The van der Waals surface area contributed by atoms with Crippen LogP contribution < -0.4 is 10.6 Å². The van der Waals surface area contributed by atoms with Gasteiger partial charge in [0.05, 0.1) is 12.3 Å². The van der Waals surface area contributed by atoms with Crippen molar-refractivity contribution in [1.82, 2.24) is 10.6 Å². The summed E-state index contributed by atoms with van der Waals surface area (Å²) in [5.74, 6) is -1.04. The van der Waals surface area contributed by atoms with Crippen molar-refractivity contribution in [3.05, 3.63) is 59.7 Å². The monoisotopic (exact) mass is 462 g/mol. The van der Waals surface area contributed by atoms with E-state index in [0.29, 0.717) is 0 Å².